The summed E-state index contributed by atoms with van der Waals surface area (Å²) in [5.74, 6) is 0.620. The molecule has 0 radical (unpaired) electrons. The fourth-order valence-corrected chi connectivity index (χ4v) is 2.71. The Kier molecular flexibility index (Phi) is 7.08. The summed E-state index contributed by atoms with van der Waals surface area (Å²) in [4.78, 5) is 0. The Morgan fingerprint density at radius 2 is 1.67 bits per heavy atom. The highest BCUT2D eigenvalue weighted by molar-refractivity contribution is 4.72. The molecule has 0 aromatic rings. The van der Waals surface area contributed by atoms with E-state index in [9.17, 15) is 5.11 Å². The van der Waals surface area contributed by atoms with Crippen molar-refractivity contribution in [1.29, 1.82) is 0 Å². The Morgan fingerprint density at radius 1 is 1.00 bits per heavy atom. The average Bonchev–Trinajstić information content (AvgIpc) is 2.52. The lowest BCUT2D eigenvalue weighted by molar-refractivity contribution is 0.0874. The molecule has 0 spiro atoms. The van der Waals surface area contributed by atoms with Gasteiger partial charge in [-0.1, -0.05) is 58.3 Å². The predicted octanol–water partition coefficient (Wildman–Crippen LogP) is 4.29. The highest BCUT2D eigenvalue weighted by atomic mass is 16.3. The largest absolute Gasteiger partial charge is 0.393 e. The summed E-state index contributed by atoms with van der Waals surface area (Å²) in [5, 5.41) is 10.1. The van der Waals surface area contributed by atoms with Gasteiger partial charge >= 0.3 is 0 Å². The van der Waals surface area contributed by atoms with Crippen LogP contribution in [0.15, 0.2) is 0 Å². The third-order valence-electron chi connectivity index (χ3n) is 3.80. The molecule has 1 heteroatoms. The zero-order chi connectivity index (χ0) is 10.9. The van der Waals surface area contributed by atoms with Crippen molar-refractivity contribution < 1.29 is 5.11 Å². The summed E-state index contributed by atoms with van der Waals surface area (Å²) in [6, 6.07) is 0. The van der Waals surface area contributed by atoms with Crippen molar-refractivity contribution in [2.24, 2.45) is 5.92 Å². The molecule has 0 amide bonds. The molecule has 1 nitrogen and oxygen atoms in total. The molecule has 0 aliphatic heterocycles. The Labute approximate surface area is 95.3 Å². The van der Waals surface area contributed by atoms with Gasteiger partial charge in [-0.15, -0.1) is 0 Å². The number of aliphatic hydroxyl groups is 1. The lowest BCUT2D eigenvalue weighted by Gasteiger charge is -2.21. The van der Waals surface area contributed by atoms with Crippen LogP contribution < -0.4 is 0 Å². The van der Waals surface area contributed by atoms with Gasteiger partial charge in [-0.3, -0.25) is 0 Å². The molecule has 90 valence electrons. The molecule has 1 aliphatic carbocycles. The van der Waals surface area contributed by atoms with E-state index in [4.69, 9.17) is 0 Å². The molecule has 0 bridgehead atoms. The second-order valence-corrected chi connectivity index (χ2v) is 5.17. The van der Waals surface area contributed by atoms with Gasteiger partial charge in [0.15, 0.2) is 0 Å². The smallest absolute Gasteiger partial charge is 0.0568 e. The quantitative estimate of drug-likeness (QED) is 0.514. The molecule has 1 atom stereocenters. The van der Waals surface area contributed by atoms with Crippen molar-refractivity contribution >= 4 is 0 Å². The SMILES string of the molecule is CCCCCCC(O)C1CCCCCC1. The molecular weight excluding hydrogens is 184 g/mol. The Morgan fingerprint density at radius 3 is 2.27 bits per heavy atom. The average molecular weight is 212 g/mol. The maximum atomic E-state index is 10.1. The van der Waals surface area contributed by atoms with Gasteiger partial charge in [0.05, 0.1) is 6.10 Å². The summed E-state index contributed by atoms with van der Waals surface area (Å²) in [6.07, 6.45) is 14.2. The molecule has 1 aliphatic rings. The molecule has 1 saturated carbocycles. The van der Waals surface area contributed by atoms with Crippen LogP contribution in [-0.4, -0.2) is 11.2 Å². The first-order chi connectivity index (χ1) is 7.34. The predicted molar refractivity (Wildman–Crippen MR) is 66.0 cm³/mol. The minimum atomic E-state index is -0.0000406. The van der Waals surface area contributed by atoms with Crippen LogP contribution in [0.1, 0.15) is 77.6 Å². The van der Waals surface area contributed by atoms with Crippen LogP contribution in [0, 0.1) is 5.92 Å². The summed E-state index contributed by atoms with van der Waals surface area (Å²) in [6.45, 7) is 2.24. The van der Waals surface area contributed by atoms with Crippen molar-refractivity contribution in [3.63, 3.8) is 0 Å². The number of unbranched alkanes of at least 4 members (excludes halogenated alkanes) is 3. The fourth-order valence-electron chi connectivity index (χ4n) is 2.71. The maximum Gasteiger partial charge on any atom is 0.0568 e. The van der Waals surface area contributed by atoms with E-state index in [-0.39, 0.29) is 6.10 Å². The minimum absolute atomic E-state index is 0.0000406. The normalized spacial score (nSPS) is 21.2. The summed E-state index contributed by atoms with van der Waals surface area (Å²) in [5.41, 5.74) is 0. The van der Waals surface area contributed by atoms with Gasteiger partial charge in [0, 0.05) is 0 Å². The topological polar surface area (TPSA) is 20.2 Å². The van der Waals surface area contributed by atoms with Crippen LogP contribution in [0.4, 0.5) is 0 Å². The maximum absolute atomic E-state index is 10.1. The van der Waals surface area contributed by atoms with E-state index in [1.807, 2.05) is 0 Å². The van der Waals surface area contributed by atoms with Gasteiger partial charge in [-0.25, -0.2) is 0 Å². The molecular formula is C14H28O. The molecule has 0 aromatic carbocycles. The summed E-state index contributed by atoms with van der Waals surface area (Å²) >= 11 is 0. The van der Waals surface area contributed by atoms with Crippen LogP contribution in [0.2, 0.25) is 0 Å². The van der Waals surface area contributed by atoms with E-state index in [1.54, 1.807) is 0 Å². The Bertz CT molecular complexity index is 136. The van der Waals surface area contributed by atoms with Crippen LogP contribution in [-0.2, 0) is 0 Å². The van der Waals surface area contributed by atoms with Gasteiger partial charge in [0.25, 0.3) is 0 Å². The van der Waals surface area contributed by atoms with Crippen molar-refractivity contribution in [2.45, 2.75) is 83.7 Å². The van der Waals surface area contributed by atoms with E-state index in [0.29, 0.717) is 5.92 Å². The molecule has 0 heterocycles. The van der Waals surface area contributed by atoms with Gasteiger partial charge in [0.2, 0.25) is 0 Å². The van der Waals surface area contributed by atoms with E-state index in [2.05, 4.69) is 6.92 Å². The number of rotatable bonds is 6. The molecule has 15 heavy (non-hydrogen) atoms. The lowest BCUT2D eigenvalue weighted by Crippen LogP contribution is -2.19. The fraction of sp³-hybridized carbons (Fsp3) is 1.00. The number of hydrogen-bond acceptors (Lipinski definition) is 1. The van der Waals surface area contributed by atoms with E-state index in [0.717, 1.165) is 6.42 Å². The number of hydrogen-bond donors (Lipinski definition) is 1. The van der Waals surface area contributed by atoms with Gasteiger partial charge in [-0.05, 0) is 25.2 Å². The minimum Gasteiger partial charge on any atom is -0.393 e. The monoisotopic (exact) mass is 212 g/mol. The molecule has 1 rings (SSSR count). The summed E-state index contributed by atoms with van der Waals surface area (Å²) in [7, 11) is 0. The molecule has 1 fully saturated rings. The Hall–Kier alpha value is -0.0400. The van der Waals surface area contributed by atoms with E-state index < -0.39 is 0 Å². The van der Waals surface area contributed by atoms with Crippen LogP contribution in [0.25, 0.3) is 0 Å². The van der Waals surface area contributed by atoms with Crippen molar-refractivity contribution in [2.75, 3.05) is 0 Å². The van der Waals surface area contributed by atoms with E-state index in [1.165, 1.54) is 64.2 Å². The van der Waals surface area contributed by atoms with E-state index >= 15 is 0 Å². The Balaban J connectivity index is 2.11. The number of aliphatic hydroxyl groups excluding tert-OH is 1. The van der Waals surface area contributed by atoms with Crippen LogP contribution in [0.5, 0.6) is 0 Å². The standard InChI is InChI=1S/C14H28O/c1-2-3-4-9-12-14(15)13-10-7-5-6-8-11-13/h13-15H,2-12H2,1H3. The zero-order valence-corrected chi connectivity index (χ0v) is 10.4. The van der Waals surface area contributed by atoms with Crippen molar-refractivity contribution in [3.8, 4) is 0 Å². The highest BCUT2D eigenvalue weighted by Crippen LogP contribution is 2.27. The molecule has 0 saturated heterocycles. The summed E-state index contributed by atoms with van der Waals surface area (Å²) < 4.78 is 0. The first-order valence-electron chi connectivity index (χ1n) is 7.02. The third kappa shape index (κ3) is 5.55. The van der Waals surface area contributed by atoms with Crippen LogP contribution >= 0.6 is 0 Å². The first-order valence-corrected chi connectivity index (χ1v) is 7.02. The molecule has 1 N–H and O–H groups in total. The second-order valence-electron chi connectivity index (χ2n) is 5.17. The first kappa shape index (κ1) is 13.0. The van der Waals surface area contributed by atoms with Gasteiger partial charge in [-0.2, -0.15) is 0 Å². The van der Waals surface area contributed by atoms with Crippen molar-refractivity contribution in [1.82, 2.24) is 0 Å². The third-order valence-corrected chi connectivity index (χ3v) is 3.80. The van der Waals surface area contributed by atoms with Gasteiger partial charge in [0.1, 0.15) is 0 Å². The highest BCUT2D eigenvalue weighted by Gasteiger charge is 2.19. The lowest BCUT2D eigenvalue weighted by atomic mass is 9.91. The molecule has 0 aromatic heterocycles. The zero-order valence-electron chi connectivity index (χ0n) is 10.4. The molecule has 1 unspecified atom stereocenters. The van der Waals surface area contributed by atoms with Crippen molar-refractivity contribution in [3.05, 3.63) is 0 Å². The second kappa shape index (κ2) is 8.15. The van der Waals surface area contributed by atoms with Crippen LogP contribution in [0.3, 0.4) is 0 Å². The van der Waals surface area contributed by atoms with Gasteiger partial charge < -0.3 is 5.11 Å².